The summed E-state index contributed by atoms with van der Waals surface area (Å²) in [7, 11) is -4.54. The Morgan fingerprint density at radius 3 is 2.30 bits per heavy atom. The van der Waals surface area contributed by atoms with Crippen molar-refractivity contribution in [2.24, 2.45) is 0 Å². The molecule has 1 aromatic heterocycles. The van der Waals surface area contributed by atoms with Gasteiger partial charge in [0.2, 0.25) is 0 Å². The van der Waals surface area contributed by atoms with Crippen molar-refractivity contribution in [1.29, 1.82) is 0 Å². The molecule has 0 aliphatic heterocycles. The van der Waals surface area contributed by atoms with Gasteiger partial charge >= 0.3 is 5.97 Å². The van der Waals surface area contributed by atoms with Gasteiger partial charge in [0, 0.05) is 12.0 Å². The highest BCUT2D eigenvalue weighted by atomic mass is 35.5. The molecule has 0 fully saturated rings. The Morgan fingerprint density at radius 1 is 1.03 bits per heavy atom. The summed E-state index contributed by atoms with van der Waals surface area (Å²) < 4.78 is 73.9. The minimum atomic E-state index is -4.54. The van der Waals surface area contributed by atoms with Crippen molar-refractivity contribution in [2.45, 2.75) is 44.4 Å². The zero-order chi connectivity index (χ0) is 27.4. The van der Waals surface area contributed by atoms with Crippen molar-refractivity contribution in [3.8, 4) is 0 Å². The summed E-state index contributed by atoms with van der Waals surface area (Å²) in [6, 6.07) is 10.7. The number of carboxylic acids is 1. The van der Waals surface area contributed by atoms with E-state index in [2.05, 4.69) is 0 Å². The number of benzene rings is 3. The van der Waals surface area contributed by atoms with E-state index in [4.69, 9.17) is 11.6 Å². The zero-order valence-electron chi connectivity index (χ0n) is 20.4. The topological polar surface area (TPSA) is 76.4 Å². The molecule has 194 valence electrons. The van der Waals surface area contributed by atoms with Crippen LogP contribution in [0.15, 0.2) is 53.4 Å². The number of hydrogen-bond acceptors (Lipinski definition) is 3. The molecule has 10 heteroatoms. The second-order valence-corrected chi connectivity index (χ2v) is 12.0. The van der Waals surface area contributed by atoms with Crippen LogP contribution in [0.25, 0.3) is 10.9 Å². The summed E-state index contributed by atoms with van der Waals surface area (Å²) in [5.41, 5.74) is -1.01. The van der Waals surface area contributed by atoms with Crippen molar-refractivity contribution >= 4 is 38.5 Å². The lowest BCUT2D eigenvalue weighted by atomic mass is 9.87. The van der Waals surface area contributed by atoms with Gasteiger partial charge in [0.1, 0.15) is 11.6 Å². The first kappa shape index (κ1) is 26.8. The Kier molecular flexibility index (Phi) is 6.67. The van der Waals surface area contributed by atoms with Crippen LogP contribution < -0.4 is 0 Å². The van der Waals surface area contributed by atoms with Crippen LogP contribution in [0.3, 0.4) is 0 Å². The lowest BCUT2D eigenvalue weighted by Crippen LogP contribution is -2.18. The number of aromatic nitrogens is 1. The normalized spacial score (nSPS) is 12.3. The van der Waals surface area contributed by atoms with Gasteiger partial charge in [-0.25, -0.2) is 30.4 Å². The molecule has 0 bridgehead atoms. The SMILES string of the molecule is Cc1c(F)cc2c(c1F)c(F)c(Cc1ccc(C(=O)O)c(Cl)c1)n2S(=O)(=O)c1cccc(C(C)(C)C)c1. The molecule has 1 N–H and O–H groups in total. The minimum Gasteiger partial charge on any atom is -0.478 e. The molecule has 0 saturated heterocycles. The summed E-state index contributed by atoms with van der Waals surface area (Å²) in [5, 5.41) is 8.43. The number of carboxylic acid groups (broad SMARTS) is 1. The molecule has 5 nitrogen and oxygen atoms in total. The molecular weight excluding hydrogens is 527 g/mol. The second kappa shape index (κ2) is 9.22. The fraction of sp³-hybridized carbons (Fsp3) is 0.222. The van der Waals surface area contributed by atoms with Crippen molar-refractivity contribution < 1.29 is 31.5 Å². The summed E-state index contributed by atoms with van der Waals surface area (Å²) in [4.78, 5) is 11.1. The molecule has 0 saturated carbocycles. The van der Waals surface area contributed by atoms with Gasteiger partial charge in [0.15, 0.2) is 5.82 Å². The van der Waals surface area contributed by atoms with E-state index in [-0.39, 0.29) is 21.0 Å². The van der Waals surface area contributed by atoms with Crippen molar-refractivity contribution in [3.05, 3.63) is 99.0 Å². The Morgan fingerprint density at radius 2 is 1.70 bits per heavy atom. The van der Waals surface area contributed by atoms with Crippen LogP contribution >= 0.6 is 11.6 Å². The predicted molar refractivity (Wildman–Crippen MR) is 135 cm³/mol. The third-order valence-corrected chi connectivity index (χ3v) is 8.30. The molecule has 0 amide bonds. The molecular formula is C27H23ClF3NO4S. The molecule has 0 unspecified atom stereocenters. The summed E-state index contributed by atoms with van der Waals surface area (Å²) >= 11 is 6.05. The summed E-state index contributed by atoms with van der Waals surface area (Å²) in [6.07, 6.45) is -0.390. The first-order chi connectivity index (χ1) is 17.1. The van der Waals surface area contributed by atoms with Crippen molar-refractivity contribution in [3.63, 3.8) is 0 Å². The third-order valence-electron chi connectivity index (χ3n) is 6.24. The number of carbonyl (C=O) groups is 1. The molecule has 4 rings (SSSR count). The highest BCUT2D eigenvalue weighted by molar-refractivity contribution is 7.90. The molecule has 1 heterocycles. The number of nitrogens with zero attached hydrogens (tertiary/aromatic N) is 1. The van der Waals surface area contributed by atoms with Crippen LogP contribution in [-0.4, -0.2) is 23.5 Å². The fourth-order valence-electron chi connectivity index (χ4n) is 4.14. The van der Waals surface area contributed by atoms with E-state index in [1.807, 2.05) is 20.8 Å². The quantitative estimate of drug-likeness (QED) is 0.295. The Bertz CT molecular complexity index is 1690. The minimum absolute atomic E-state index is 0.137. The second-order valence-electron chi connectivity index (χ2n) is 9.80. The number of halogens is 4. The molecule has 0 radical (unpaired) electrons. The van der Waals surface area contributed by atoms with Crippen LogP contribution in [-0.2, 0) is 21.9 Å². The van der Waals surface area contributed by atoms with Gasteiger partial charge in [-0.1, -0.05) is 50.6 Å². The largest absolute Gasteiger partial charge is 0.478 e. The van der Waals surface area contributed by atoms with E-state index in [9.17, 15) is 22.7 Å². The van der Waals surface area contributed by atoms with Crippen molar-refractivity contribution in [2.75, 3.05) is 0 Å². The molecule has 0 atom stereocenters. The van der Waals surface area contributed by atoms with Crippen LogP contribution in [0.2, 0.25) is 5.02 Å². The molecule has 4 aromatic rings. The Labute approximate surface area is 217 Å². The van der Waals surface area contributed by atoms with Gasteiger partial charge in [-0.2, -0.15) is 0 Å². The maximum Gasteiger partial charge on any atom is 0.337 e. The fourth-order valence-corrected chi connectivity index (χ4v) is 6.00. The number of aromatic carboxylic acids is 1. The molecule has 0 aliphatic rings. The van der Waals surface area contributed by atoms with Crippen LogP contribution in [0.4, 0.5) is 13.2 Å². The first-order valence-corrected chi connectivity index (χ1v) is 13.0. The van der Waals surface area contributed by atoms with Crippen LogP contribution in [0, 0.1) is 24.4 Å². The lowest BCUT2D eigenvalue weighted by molar-refractivity contribution is 0.0697. The maximum absolute atomic E-state index is 15.8. The van der Waals surface area contributed by atoms with Crippen molar-refractivity contribution in [1.82, 2.24) is 3.97 Å². The highest BCUT2D eigenvalue weighted by Crippen LogP contribution is 2.36. The van der Waals surface area contributed by atoms with Gasteiger partial charge in [-0.15, -0.1) is 0 Å². The average molecular weight is 550 g/mol. The number of rotatable bonds is 5. The molecule has 37 heavy (non-hydrogen) atoms. The Balaban J connectivity index is 2.03. The third kappa shape index (κ3) is 4.62. The zero-order valence-corrected chi connectivity index (χ0v) is 21.9. The Hall–Kier alpha value is -3.30. The van der Waals surface area contributed by atoms with E-state index in [0.717, 1.165) is 13.0 Å². The summed E-state index contributed by atoms with van der Waals surface area (Å²) in [5.74, 6) is -4.66. The molecule has 3 aromatic carbocycles. The highest BCUT2D eigenvalue weighted by Gasteiger charge is 2.31. The van der Waals surface area contributed by atoms with E-state index < -0.39 is 67.4 Å². The van der Waals surface area contributed by atoms with E-state index in [1.165, 1.54) is 30.3 Å². The standard InChI is InChI=1S/C27H23ClF3NO4S/c1-14-20(29)13-21-23(24(14)30)25(31)22(11-15-8-9-18(26(33)34)19(28)10-15)32(21)37(35,36)17-7-5-6-16(12-17)27(2,3)4/h5-10,12-13H,11H2,1-4H3,(H,33,34). The summed E-state index contributed by atoms with van der Waals surface area (Å²) in [6.45, 7) is 6.82. The van der Waals surface area contributed by atoms with E-state index >= 15 is 8.78 Å². The van der Waals surface area contributed by atoms with Gasteiger partial charge < -0.3 is 5.11 Å². The lowest BCUT2D eigenvalue weighted by Gasteiger charge is -2.20. The van der Waals surface area contributed by atoms with Gasteiger partial charge in [0.25, 0.3) is 10.0 Å². The number of hydrogen-bond donors (Lipinski definition) is 1. The van der Waals surface area contributed by atoms with E-state index in [1.54, 1.807) is 12.1 Å². The molecule has 0 aliphatic carbocycles. The monoisotopic (exact) mass is 549 g/mol. The maximum atomic E-state index is 15.8. The number of fused-ring (bicyclic) bond motifs is 1. The van der Waals surface area contributed by atoms with Gasteiger partial charge in [0.05, 0.1) is 32.1 Å². The average Bonchev–Trinajstić information content (AvgIpc) is 3.08. The molecule has 0 spiro atoms. The smallest absolute Gasteiger partial charge is 0.337 e. The first-order valence-electron chi connectivity index (χ1n) is 11.2. The van der Waals surface area contributed by atoms with Crippen LogP contribution in [0.5, 0.6) is 0 Å². The van der Waals surface area contributed by atoms with E-state index in [0.29, 0.717) is 9.54 Å². The predicted octanol–water partition coefficient (Wildman–Crippen LogP) is 6.84. The van der Waals surface area contributed by atoms with Crippen LogP contribution in [0.1, 0.15) is 53.5 Å². The van der Waals surface area contributed by atoms with Gasteiger partial charge in [-0.05, 0) is 53.8 Å². The van der Waals surface area contributed by atoms with Gasteiger partial charge in [-0.3, -0.25) is 0 Å².